The van der Waals surface area contributed by atoms with Crippen molar-refractivity contribution in [2.45, 2.75) is 37.5 Å². The number of hydrogen-bond acceptors (Lipinski definition) is 5. The molecule has 2 aliphatic heterocycles. The van der Waals surface area contributed by atoms with Crippen LogP contribution in [0.1, 0.15) is 42.0 Å². The normalized spacial score (nSPS) is 20.0. The topological polar surface area (TPSA) is 99.9 Å². The third kappa shape index (κ3) is 4.52. The van der Waals surface area contributed by atoms with E-state index < -0.39 is 10.0 Å². The molecule has 0 saturated carbocycles. The number of benzene rings is 1. The molecule has 9 heteroatoms. The number of sulfonamides is 1. The summed E-state index contributed by atoms with van der Waals surface area (Å²) in [5, 5.41) is 2.89. The molecule has 4 rings (SSSR count). The molecule has 1 aromatic carbocycles. The van der Waals surface area contributed by atoms with Crippen molar-refractivity contribution >= 4 is 27.5 Å². The number of carbonyl (C=O) groups is 2. The van der Waals surface area contributed by atoms with E-state index in [0.717, 1.165) is 18.5 Å². The van der Waals surface area contributed by atoms with E-state index in [2.05, 4.69) is 5.32 Å². The second kappa shape index (κ2) is 8.84. The molecule has 3 heterocycles. The predicted molar refractivity (Wildman–Crippen MR) is 115 cm³/mol. The fraction of sp³-hybridized carbons (Fsp3) is 0.455. The van der Waals surface area contributed by atoms with Crippen molar-refractivity contribution < 1.29 is 22.4 Å². The van der Waals surface area contributed by atoms with Crippen LogP contribution in [0.4, 0.5) is 5.69 Å². The number of likely N-dealkylation sites (tertiary alicyclic amines) is 1. The highest BCUT2D eigenvalue weighted by Gasteiger charge is 2.34. The number of furan rings is 1. The summed E-state index contributed by atoms with van der Waals surface area (Å²) in [5.74, 6) is -0.633. The van der Waals surface area contributed by atoms with Crippen molar-refractivity contribution in [1.29, 1.82) is 0 Å². The molecule has 1 atom stereocenters. The molecule has 2 amide bonds. The summed E-state index contributed by atoms with van der Waals surface area (Å²) in [6.07, 6.45) is 3.05. The summed E-state index contributed by atoms with van der Waals surface area (Å²) < 4.78 is 32.7. The van der Waals surface area contributed by atoms with E-state index in [-0.39, 0.29) is 40.7 Å². The average molecular weight is 446 g/mol. The van der Waals surface area contributed by atoms with Gasteiger partial charge in [0.15, 0.2) is 5.76 Å². The molecule has 0 spiro atoms. The van der Waals surface area contributed by atoms with Gasteiger partial charge >= 0.3 is 0 Å². The van der Waals surface area contributed by atoms with Crippen LogP contribution < -0.4 is 5.32 Å². The number of rotatable bonds is 5. The van der Waals surface area contributed by atoms with Gasteiger partial charge in [0.25, 0.3) is 5.91 Å². The first kappa shape index (κ1) is 21.6. The van der Waals surface area contributed by atoms with Gasteiger partial charge in [-0.3, -0.25) is 9.59 Å². The van der Waals surface area contributed by atoms with Crippen molar-refractivity contribution in [2.75, 3.05) is 31.5 Å². The van der Waals surface area contributed by atoms with Crippen LogP contribution in [0.3, 0.4) is 0 Å². The SMILES string of the molecule is Cc1oc(C(=O)N2CCCC(C(=O)Nc3ccccc3)C2)cc1S(=O)(=O)N1CCCC1. The first-order valence-corrected chi connectivity index (χ1v) is 12.1. The molecular weight excluding hydrogens is 418 g/mol. The van der Waals surface area contributed by atoms with Gasteiger partial charge in [-0.1, -0.05) is 18.2 Å². The van der Waals surface area contributed by atoms with E-state index in [1.807, 2.05) is 30.3 Å². The Morgan fingerprint density at radius 2 is 1.77 bits per heavy atom. The van der Waals surface area contributed by atoms with Crippen LogP contribution in [0.5, 0.6) is 0 Å². The quantitative estimate of drug-likeness (QED) is 0.763. The van der Waals surface area contributed by atoms with Gasteiger partial charge in [-0.15, -0.1) is 0 Å². The van der Waals surface area contributed by atoms with Crippen molar-refractivity contribution in [2.24, 2.45) is 5.92 Å². The summed E-state index contributed by atoms with van der Waals surface area (Å²) in [4.78, 5) is 27.3. The maximum atomic E-state index is 13.0. The number of nitrogens with zero attached hydrogens (tertiary/aromatic N) is 2. The largest absolute Gasteiger partial charge is 0.455 e. The molecule has 1 aromatic heterocycles. The molecule has 166 valence electrons. The Hall–Kier alpha value is -2.65. The lowest BCUT2D eigenvalue weighted by molar-refractivity contribution is -0.121. The second-order valence-corrected chi connectivity index (χ2v) is 9.99. The van der Waals surface area contributed by atoms with E-state index in [9.17, 15) is 18.0 Å². The average Bonchev–Trinajstić information content (AvgIpc) is 3.45. The molecule has 2 fully saturated rings. The summed E-state index contributed by atoms with van der Waals surface area (Å²) in [5.41, 5.74) is 0.717. The minimum absolute atomic E-state index is 0.000565. The van der Waals surface area contributed by atoms with Crippen molar-refractivity contribution in [3.8, 4) is 0 Å². The third-order valence-electron chi connectivity index (χ3n) is 5.89. The Balaban J connectivity index is 1.46. The number of aryl methyl sites for hydroxylation is 1. The molecular formula is C22H27N3O5S. The highest BCUT2D eigenvalue weighted by molar-refractivity contribution is 7.89. The fourth-order valence-corrected chi connectivity index (χ4v) is 5.87. The third-order valence-corrected chi connectivity index (χ3v) is 7.89. The van der Waals surface area contributed by atoms with Gasteiger partial charge < -0.3 is 14.6 Å². The summed E-state index contributed by atoms with van der Waals surface area (Å²) in [6.45, 7) is 3.31. The van der Waals surface area contributed by atoms with E-state index in [1.165, 1.54) is 10.4 Å². The van der Waals surface area contributed by atoms with E-state index in [0.29, 0.717) is 32.5 Å². The van der Waals surface area contributed by atoms with Gasteiger partial charge in [-0.2, -0.15) is 4.31 Å². The van der Waals surface area contributed by atoms with Crippen molar-refractivity contribution in [3.63, 3.8) is 0 Å². The fourth-order valence-electron chi connectivity index (χ4n) is 4.19. The van der Waals surface area contributed by atoms with Gasteiger partial charge in [0, 0.05) is 37.9 Å². The van der Waals surface area contributed by atoms with Crippen LogP contribution in [0.2, 0.25) is 0 Å². The Labute approximate surface area is 182 Å². The lowest BCUT2D eigenvalue weighted by Gasteiger charge is -2.31. The zero-order chi connectivity index (χ0) is 22.0. The second-order valence-electron chi connectivity index (χ2n) is 8.09. The van der Waals surface area contributed by atoms with Crippen molar-refractivity contribution in [3.05, 3.63) is 47.9 Å². The molecule has 1 N–H and O–H groups in total. The molecule has 0 radical (unpaired) electrons. The van der Waals surface area contributed by atoms with Crippen LogP contribution in [-0.2, 0) is 14.8 Å². The minimum Gasteiger partial charge on any atom is -0.455 e. The Bertz CT molecular complexity index is 1060. The first-order chi connectivity index (χ1) is 14.9. The van der Waals surface area contributed by atoms with E-state index in [1.54, 1.807) is 11.8 Å². The zero-order valence-electron chi connectivity index (χ0n) is 17.5. The lowest BCUT2D eigenvalue weighted by Crippen LogP contribution is -2.43. The van der Waals surface area contributed by atoms with Gasteiger partial charge in [-0.05, 0) is 44.7 Å². The maximum absolute atomic E-state index is 13.0. The van der Waals surface area contributed by atoms with Gasteiger partial charge in [0.1, 0.15) is 10.7 Å². The Morgan fingerprint density at radius 3 is 2.48 bits per heavy atom. The number of piperidine rings is 1. The molecule has 31 heavy (non-hydrogen) atoms. The van der Waals surface area contributed by atoms with Crippen LogP contribution >= 0.6 is 0 Å². The van der Waals surface area contributed by atoms with Gasteiger partial charge in [-0.25, -0.2) is 8.42 Å². The first-order valence-electron chi connectivity index (χ1n) is 10.6. The summed E-state index contributed by atoms with van der Waals surface area (Å²) in [6, 6.07) is 10.5. The number of amides is 2. The highest BCUT2D eigenvalue weighted by Crippen LogP contribution is 2.28. The Kier molecular flexibility index (Phi) is 6.15. The van der Waals surface area contributed by atoms with Crippen LogP contribution in [-0.4, -0.2) is 55.6 Å². The minimum atomic E-state index is -3.67. The van der Waals surface area contributed by atoms with E-state index >= 15 is 0 Å². The van der Waals surface area contributed by atoms with E-state index in [4.69, 9.17) is 4.42 Å². The van der Waals surface area contributed by atoms with Gasteiger partial charge in [0.2, 0.25) is 15.9 Å². The number of para-hydroxylation sites is 1. The van der Waals surface area contributed by atoms with Crippen molar-refractivity contribution in [1.82, 2.24) is 9.21 Å². The van der Waals surface area contributed by atoms with Crippen LogP contribution in [0.25, 0.3) is 0 Å². The lowest BCUT2D eigenvalue weighted by atomic mass is 9.96. The molecule has 2 aromatic rings. The zero-order valence-corrected chi connectivity index (χ0v) is 18.4. The number of hydrogen-bond donors (Lipinski definition) is 1. The highest BCUT2D eigenvalue weighted by atomic mass is 32.2. The maximum Gasteiger partial charge on any atom is 0.289 e. The molecule has 0 aliphatic carbocycles. The summed E-state index contributed by atoms with van der Waals surface area (Å²) in [7, 11) is -3.67. The Morgan fingerprint density at radius 1 is 1.06 bits per heavy atom. The molecule has 1 unspecified atom stereocenters. The molecule has 2 saturated heterocycles. The molecule has 0 bridgehead atoms. The monoisotopic (exact) mass is 445 g/mol. The predicted octanol–water partition coefficient (Wildman–Crippen LogP) is 2.86. The van der Waals surface area contributed by atoms with Gasteiger partial charge in [0.05, 0.1) is 5.92 Å². The molecule has 8 nitrogen and oxygen atoms in total. The molecule has 2 aliphatic rings. The smallest absolute Gasteiger partial charge is 0.289 e. The van der Waals surface area contributed by atoms with Crippen LogP contribution in [0.15, 0.2) is 45.7 Å². The summed E-state index contributed by atoms with van der Waals surface area (Å²) >= 11 is 0. The standard InChI is InChI=1S/C22H27N3O5S/c1-16-20(31(28,29)25-12-5-6-13-25)14-19(30-16)22(27)24-11-7-8-17(15-24)21(26)23-18-9-3-2-4-10-18/h2-4,9-10,14,17H,5-8,11-13,15H2,1H3,(H,23,26). The number of anilines is 1. The number of carbonyl (C=O) groups excluding carboxylic acids is 2. The number of nitrogens with one attached hydrogen (secondary N) is 1. The van der Waals surface area contributed by atoms with Crippen LogP contribution in [0, 0.1) is 12.8 Å².